The van der Waals surface area contributed by atoms with Gasteiger partial charge in [-0.3, -0.25) is 4.79 Å². The van der Waals surface area contributed by atoms with Crippen LogP contribution in [0.25, 0.3) is 0 Å². The van der Waals surface area contributed by atoms with Crippen LogP contribution >= 0.6 is 0 Å². The van der Waals surface area contributed by atoms with E-state index in [0.29, 0.717) is 6.54 Å². The van der Waals surface area contributed by atoms with Crippen molar-refractivity contribution < 1.29 is 14.7 Å². The van der Waals surface area contributed by atoms with Gasteiger partial charge in [0.05, 0.1) is 0 Å². The number of carbonyl (C=O) groups is 2. The van der Waals surface area contributed by atoms with Crippen LogP contribution in [0.3, 0.4) is 0 Å². The molecule has 1 amide bonds. The molecule has 0 saturated heterocycles. The molecule has 3 N–H and O–H groups in total. The summed E-state index contributed by atoms with van der Waals surface area (Å²) in [4.78, 5) is 21.9. The van der Waals surface area contributed by atoms with Gasteiger partial charge in [0.25, 0.3) is 0 Å². The van der Waals surface area contributed by atoms with Crippen molar-refractivity contribution in [2.24, 2.45) is 0 Å². The molecule has 0 saturated carbocycles. The Morgan fingerprint density at radius 1 is 1.53 bits per heavy atom. The smallest absolute Gasteiger partial charge is 0.326 e. The van der Waals surface area contributed by atoms with Crippen molar-refractivity contribution in [2.75, 3.05) is 13.1 Å². The van der Waals surface area contributed by atoms with E-state index in [2.05, 4.69) is 17.2 Å². The van der Waals surface area contributed by atoms with Crippen LogP contribution in [-0.2, 0) is 9.59 Å². The Morgan fingerprint density at radius 3 is 2.67 bits per heavy atom. The minimum atomic E-state index is -1.04. The molecule has 0 rings (SSSR count). The topological polar surface area (TPSA) is 78.4 Å². The minimum absolute atomic E-state index is 0.238. The van der Waals surface area contributed by atoms with E-state index >= 15 is 0 Å². The molecule has 0 bridgehead atoms. The van der Waals surface area contributed by atoms with Crippen LogP contribution in [0.5, 0.6) is 0 Å². The lowest BCUT2D eigenvalue weighted by molar-refractivity contribution is -0.141. The van der Waals surface area contributed by atoms with E-state index in [0.717, 1.165) is 6.54 Å². The van der Waals surface area contributed by atoms with Gasteiger partial charge in [0.2, 0.25) is 5.91 Å². The van der Waals surface area contributed by atoms with Crippen LogP contribution in [0.1, 0.15) is 19.8 Å². The average Bonchev–Trinajstić information content (AvgIpc) is 2.17. The van der Waals surface area contributed by atoms with Crippen molar-refractivity contribution in [3.63, 3.8) is 0 Å². The molecule has 5 heteroatoms. The summed E-state index contributed by atoms with van der Waals surface area (Å²) in [5.41, 5.74) is 0. The van der Waals surface area contributed by atoms with E-state index in [-0.39, 0.29) is 18.7 Å². The second-order valence-electron chi connectivity index (χ2n) is 3.09. The zero-order chi connectivity index (χ0) is 11.7. The number of carboxylic acid groups (broad SMARTS) is 1. The summed E-state index contributed by atoms with van der Waals surface area (Å²) in [6.07, 6.45) is 2.00. The molecule has 0 aliphatic heterocycles. The van der Waals surface area contributed by atoms with Crippen molar-refractivity contribution in [3.8, 4) is 0 Å². The van der Waals surface area contributed by atoms with Gasteiger partial charge in [-0.25, -0.2) is 4.79 Å². The fourth-order valence-corrected chi connectivity index (χ4v) is 1.03. The summed E-state index contributed by atoms with van der Waals surface area (Å²) in [7, 11) is 0. The molecule has 0 heterocycles. The van der Waals surface area contributed by atoms with Crippen LogP contribution in [0.2, 0.25) is 0 Å². The summed E-state index contributed by atoms with van der Waals surface area (Å²) in [5, 5.41) is 14.2. The third kappa shape index (κ3) is 6.68. The molecule has 1 unspecified atom stereocenters. The van der Waals surface area contributed by atoms with Crippen molar-refractivity contribution in [1.82, 2.24) is 10.6 Å². The van der Waals surface area contributed by atoms with Crippen molar-refractivity contribution in [1.29, 1.82) is 0 Å². The molecule has 0 fully saturated rings. The molecular weight excluding hydrogens is 196 g/mol. The van der Waals surface area contributed by atoms with Crippen LogP contribution in [0.15, 0.2) is 12.7 Å². The van der Waals surface area contributed by atoms with Gasteiger partial charge in [-0.15, -0.1) is 6.58 Å². The molecule has 0 radical (unpaired) electrons. The largest absolute Gasteiger partial charge is 0.480 e. The van der Waals surface area contributed by atoms with Gasteiger partial charge in [0.15, 0.2) is 0 Å². The molecule has 0 aromatic rings. The van der Waals surface area contributed by atoms with Gasteiger partial charge in [0, 0.05) is 13.0 Å². The predicted molar refractivity (Wildman–Crippen MR) is 57.5 cm³/mol. The molecule has 86 valence electrons. The summed E-state index contributed by atoms with van der Waals surface area (Å²) in [5.74, 6) is -1.29. The number of rotatable bonds is 8. The monoisotopic (exact) mass is 214 g/mol. The lowest BCUT2D eigenvalue weighted by Crippen LogP contribution is -2.41. The fraction of sp³-hybridized carbons (Fsp3) is 0.600. The first-order chi connectivity index (χ1) is 7.11. The number of amides is 1. The Bertz CT molecular complexity index is 229. The molecule has 1 atom stereocenters. The van der Waals surface area contributed by atoms with E-state index in [9.17, 15) is 9.59 Å². The summed E-state index contributed by atoms with van der Waals surface area (Å²) >= 11 is 0. The van der Waals surface area contributed by atoms with Gasteiger partial charge >= 0.3 is 5.97 Å². The summed E-state index contributed by atoms with van der Waals surface area (Å²) < 4.78 is 0. The molecule has 5 nitrogen and oxygen atoms in total. The Labute approximate surface area is 89.6 Å². The van der Waals surface area contributed by atoms with Gasteiger partial charge in [-0.05, 0) is 13.0 Å². The van der Waals surface area contributed by atoms with E-state index in [4.69, 9.17) is 5.11 Å². The molecular formula is C10H18N2O3. The Balaban J connectivity index is 3.89. The lowest BCUT2D eigenvalue weighted by Gasteiger charge is -2.12. The predicted octanol–water partition coefficient (Wildman–Crippen LogP) is 0.132. The third-order valence-electron chi connectivity index (χ3n) is 1.81. The first-order valence-corrected chi connectivity index (χ1v) is 4.95. The van der Waals surface area contributed by atoms with E-state index in [1.807, 2.05) is 6.92 Å². The van der Waals surface area contributed by atoms with Crippen LogP contribution in [-0.4, -0.2) is 36.1 Å². The van der Waals surface area contributed by atoms with Gasteiger partial charge in [0.1, 0.15) is 6.04 Å². The maximum Gasteiger partial charge on any atom is 0.326 e. The summed E-state index contributed by atoms with van der Waals surface area (Å²) in [6.45, 7) is 6.73. The maximum absolute atomic E-state index is 11.3. The van der Waals surface area contributed by atoms with E-state index < -0.39 is 12.0 Å². The number of carbonyl (C=O) groups excluding carboxylic acids is 1. The number of hydrogen-bond donors (Lipinski definition) is 3. The van der Waals surface area contributed by atoms with Crippen molar-refractivity contribution in [2.45, 2.75) is 25.8 Å². The fourth-order valence-electron chi connectivity index (χ4n) is 1.03. The normalized spacial score (nSPS) is 11.8. The molecule has 0 aromatic heterocycles. The van der Waals surface area contributed by atoms with Crippen LogP contribution < -0.4 is 10.6 Å². The standard InChI is InChI=1S/C10H18N2O3/c1-3-5-8(10(14)15)12-9(13)6-7-11-4-2/h3,8,11H,1,4-7H2,2H3,(H,12,13)(H,14,15). The second kappa shape index (κ2) is 7.99. The SMILES string of the molecule is C=CCC(NC(=O)CCNCC)C(=O)O. The Kier molecular flexibility index (Phi) is 7.27. The van der Waals surface area contributed by atoms with Gasteiger partial charge in [-0.2, -0.15) is 0 Å². The molecule has 0 aliphatic carbocycles. The second-order valence-corrected chi connectivity index (χ2v) is 3.09. The molecule has 0 spiro atoms. The zero-order valence-corrected chi connectivity index (χ0v) is 8.95. The summed E-state index contributed by atoms with van der Waals surface area (Å²) in [6, 6.07) is -0.864. The third-order valence-corrected chi connectivity index (χ3v) is 1.81. The van der Waals surface area contributed by atoms with Gasteiger partial charge in [-0.1, -0.05) is 13.0 Å². The van der Waals surface area contributed by atoms with E-state index in [1.54, 1.807) is 0 Å². The number of hydrogen-bond acceptors (Lipinski definition) is 3. The lowest BCUT2D eigenvalue weighted by atomic mass is 10.2. The quantitative estimate of drug-likeness (QED) is 0.396. The van der Waals surface area contributed by atoms with Crippen molar-refractivity contribution >= 4 is 11.9 Å². The van der Waals surface area contributed by atoms with Crippen LogP contribution in [0.4, 0.5) is 0 Å². The zero-order valence-electron chi connectivity index (χ0n) is 8.95. The Morgan fingerprint density at radius 2 is 2.20 bits per heavy atom. The maximum atomic E-state index is 11.3. The molecule has 0 aromatic carbocycles. The highest BCUT2D eigenvalue weighted by Crippen LogP contribution is 1.94. The van der Waals surface area contributed by atoms with Crippen LogP contribution in [0, 0.1) is 0 Å². The van der Waals surface area contributed by atoms with Gasteiger partial charge < -0.3 is 15.7 Å². The minimum Gasteiger partial charge on any atom is -0.480 e. The number of aliphatic carboxylic acids is 1. The van der Waals surface area contributed by atoms with E-state index in [1.165, 1.54) is 6.08 Å². The first kappa shape index (κ1) is 13.6. The highest BCUT2D eigenvalue weighted by atomic mass is 16.4. The Hall–Kier alpha value is -1.36. The highest BCUT2D eigenvalue weighted by molar-refractivity contribution is 5.83. The van der Waals surface area contributed by atoms with Crippen molar-refractivity contribution in [3.05, 3.63) is 12.7 Å². The number of carboxylic acids is 1. The number of nitrogens with one attached hydrogen (secondary N) is 2. The highest BCUT2D eigenvalue weighted by Gasteiger charge is 2.17. The molecule has 15 heavy (non-hydrogen) atoms. The average molecular weight is 214 g/mol. The first-order valence-electron chi connectivity index (χ1n) is 4.95. The molecule has 0 aliphatic rings.